The van der Waals surface area contributed by atoms with Crippen molar-refractivity contribution in [3.8, 4) is 16.9 Å². The third kappa shape index (κ3) is 5.34. The van der Waals surface area contributed by atoms with Crippen molar-refractivity contribution in [1.82, 2.24) is 4.90 Å². The number of nitrogens with zero attached hydrogens (tertiary/aromatic N) is 1. The maximum atomic E-state index is 12.5. The zero-order valence-electron chi connectivity index (χ0n) is 15.5. The van der Waals surface area contributed by atoms with E-state index in [0.717, 1.165) is 11.1 Å². The van der Waals surface area contributed by atoms with Crippen LogP contribution in [0.1, 0.15) is 20.3 Å². The topological polar surface area (TPSA) is 55.8 Å². The van der Waals surface area contributed by atoms with Gasteiger partial charge in [0.2, 0.25) is 0 Å². The molecule has 0 aliphatic rings. The fourth-order valence-electron chi connectivity index (χ4n) is 2.55. The normalized spacial score (nSPS) is 11.5. The van der Waals surface area contributed by atoms with Crippen LogP contribution in [0.3, 0.4) is 0 Å². The Kier molecular flexibility index (Phi) is 7.21. The SMILES string of the molecule is CCOC(=O)CN(C)C(=O)C(CC)Oc1ccc(-c2ccccc2)cc1. The molecule has 0 N–H and O–H groups in total. The van der Waals surface area contributed by atoms with Gasteiger partial charge in [-0.15, -0.1) is 0 Å². The van der Waals surface area contributed by atoms with Crippen molar-refractivity contribution in [2.45, 2.75) is 26.4 Å². The van der Waals surface area contributed by atoms with Crippen molar-refractivity contribution in [3.05, 3.63) is 54.6 Å². The summed E-state index contributed by atoms with van der Waals surface area (Å²) < 4.78 is 10.7. The lowest BCUT2D eigenvalue weighted by Crippen LogP contribution is -2.42. The first-order valence-electron chi connectivity index (χ1n) is 8.77. The molecule has 2 aromatic rings. The minimum Gasteiger partial charge on any atom is -0.481 e. The van der Waals surface area contributed by atoms with E-state index in [0.29, 0.717) is 18.8 Å². The zero-order valence-corrected chi connectivity index (χ0v) is 15.5. The smallest absolute Gasteiger partial charge is 0.325 e. The van der Waals surface area contributed by atoms with Gasteiger partial charge in [0, 0.05) is 7.05 Å². The van der Waals surface area contributed by atoms with Crippen LogP contribution < -0.4 is 4.74 Å². The molecule has 0 saturated carbocycles. The molecule has 0 saturated heterocycles. The average Bonchev–Trinajstić information content (AvgIpc) is 2.67. The van der Waals surface area contributed by atoms with Crippen molar-refractivity contribution in [2.24, 2.45) is 0 Å². The van der Waals surface area contributed by atoms with Gasteiger partial charge in [-0.25, -0.2) is 0 Å². The van der Waals surface area contributed by atoms with E-state index in [1.807, 2.05) is 61.5 Å². The molecule has 5 nitrogen and oxygen atoms in total. The third-order valence-electron chi connectivity index (χ3n) is 3.93. The number of carbonyl (C=O) groups is 2. The van der Waals surface area contributed by atoms with Crippen LogP contribution in [0.2, 0.25) is 0 Å². The molecule has 0 radical (unpaired) electrons. The minimum absolute atomic E-state index is 0.0839. The van der Waals surface area contributed by atoms with Crippen molar-refractivity contribution < 1.29 is 19.1 Å². The number of benzene rings is 2. The Morgan fingerprint density at radius 1 is 0.962 bits per heavy atom. The lowest BCUT2D eigenvalue weighted by Gasteiger charge is -2.23. The van der Waals surface area contributed by atoms with E-state index < -0.39 is 12.1 Å². The highest BCUT2D eigenvalue weighted by Crippen LogP contribution is 2.23. The first-order chi connectivity index (χ1) is 12.5. The summed E-state index contributed by atoms with van der Waals surface area (Å²) in [6.45, 7) is 3.82. The molecule has 0 bridgehead atoms. The van der Waals surface area contributed by atoms with E-state index in [4.69, 9.17) is 9.47 Å². The number of hydrogen-bond donors (Lipinski definition) is 0. The van der Waals surface area contributed by atoms with Gasteiger partial charge in [0.15, 0.2) is 6.10 Å². The van der Waals surface area contributed by atoms with E-state index >= 15 is 0 Å². The molecule has 0 aliphatic carbocycles. The molecule has 0 heterocycles. The first-order valence-corrected chi connectivity index (χ1v) is 8.77. The van der Waals surface area contributed by atoms with Gasteiger partial charge < -0.3 is 14.4 Å². The molecule has 2 rings (SSSR count). The summed E-state index contributed by atoms with van der Waals surface area (Å²) in [5.41, 5.74) is 2.20. The summed E-state index contributed by atoms with van der Waals surface area (Å²) in [7, 11) is 1.57. The van der Waals surface area contributed by atoms with E-state index in [1.165, 1.54) is 4.90 Å². The van der Waals surface area contributed by atoms with Gasteiger partial charge in [-0.1, -0.05) is 49.4 Å². The van der Waals surface area contributed by atoms with Crippen LogP contribution in [0.25, 0.3) is 11.1 Å². The standard InChI is InChI=1S/C21H25NO4/c1-4-19(21(24)22(3)15-20(23)25-5-2)26-18-13-11-17(12-14-18)16-9-7-6-8-10-16/h6-14,19H,4-5,15H2,1-3H3. The molecule has 0 aliphatic heterocycles. The number of carbonyl (C=O) groups excluding carboxylic acids is 2. The van der Waals surface area contributed by atoms with E-state index in [1.54, 1.807) is 14.0 Å². The number of ether oxygens (including phenoxy) is 2. The molecule has 138 valence electrons. The van der Waals surface area contributed by atoms with Gasteiger partial charge in [-0.05, 0) is 36.6 Å². The Hall–Kier alpha value is -2.82. The van der Waals surface area contributed by atoms with Crippen molar-refractivity contribution in [2.75, 3.05) is 20.2 Å². The Morgan fingerprint density at radius 2 is 1.58 bits per heavy atom. The first kappa shape index (κ1) is 19.5. The monoisotopic (exact) mass is 355 g/mol. The molecule has 26 heavy (non-hydrogen) atoms. The highest BCUT2D eigenvalue weighted by molar-refractivity contribution is 5.85. The maximum Gasteiger partial charge on any atom is 0.325 e. The van der Waals surface area contributed by atoms with Gasteiger partial charge in [0.25, 0.3) is 5.91 Å². The van der Waals surface area contributed by atoms with Crippen LogP contribution in [0.5, 0.6) is 5.75 Å². The molecule has 0 spiro atoms. The van der Waals surface area contributed by atoms with Crippen LogP contribution >= 0.6 is 0 Å². The van der Waals surface area contributed by atoms with Crippen LogP contribution in [0, 0.1) is 0 Å². The molecule has 0 aromatic heterocycles. The Labute approximate surface area is 154 Å². The van der Waals surface area contributed by atoms with Crippen LogP contribution in [-0.2, 0) is 14.3 Å². The van der Waals surface area contributed by atoms with Gasteiger partial charge in [-0.3, -0.25) is 9.59 Å². The minimum atomic E-state index is -0.642. The molecule has 1 amide bonds. The van der Waals surface area contributed by atoms with E-state index in [-0.39, 0.29) is 12.5 Å². The second kappa shape index (κ2) is 9.61. The Bertz CT molecular complexity index is 713. The van der Waals surface area contributed by atoms with Gasteiger partial charge >= 0.3 is 5.97 Å². The highest BCUT2D eigenvalue weighted by Gasteiger charge is 2.24. The molecule has 2 aromatic carbocycles. The summed E-state index contributed by atoms with van der Waals surface area (Å²) in [6, 6.07) is 17.7. The molecule has 1 unspecified atom stereocenters. The number of hydrogen-bond acceptors (Lipinski definition) is 4. The van der Waals surface area contributed by atoms with Crippen LogP contribution in [0.4, 0.5) is 0 Å². The molecular weight excluding hydrogens is 330 g/mol. The van der Waals surface area contributed by atoms with Crippen LogP contribution in [-0.4, -0.2) is 43.1 Å². The summed E-state index contributed by atoms with van der Waals surface area (Å²) >= 11 is 0. The maximum absolute atomic E-state index is 12.5. The highest BCUT2D eigenvalue weighted by atomic mass is 16.5. The summed E-state index contributed by atoms with van der Waals surface area (Å²) in [5.74, 6) is -0.0486. The van der Waals surface area contributed by atoms with E-state index in [2.05, 4.69) is 0 Å². The van der Waals surface area contributed by atoms with Crippen molar-refractivity contribution >= 4 is 11.9 Å². The Morgan fingerprint density at radius 3 is 2.15 bits per heavy atom. The lowest BCUT2D eigenvalue weighted by molar-refractivity contribution is -0.150. The van der Waals surface area contributed by atoms with Crippen molar-refractivity contribution in [3.63, 3.8) is 0 Å². The number of amides is 1. The second-order valence-electron chi connectivity index (χ2n) is 5.90. The predicted octanol–water partition coefficient (Wildman–Crippen LogP) is 3.53. The summed E-state index contributed by atoms with van der Waals surface area (Å²) in [6.07, 6.45) is -0.135. The number of likely N-dealkylation sites (N-methyl/N-ethyl adjacent to an activating group) is 1. The summed E-state index contributed by atoms with van der Waals surface area (Å²) in [4.78, 5) is 25.4. The summed E-state index contributed by atoms with van der Waals surface area (Å²) in [5, 5.41) is 0. The largest absolute Gasteiger partial charge is 0.481 e. The van der Waals surface area contributed by atoms with Gasteiger partial charge in [0.1, 0.15) is 12.3 Å². The van der Waals surface area contributed by atoms with Gasteiger partial charge in [-0.2, -0.15) is 0 Å². The Balaban J connectivity index is 2.00. The fourth-order valence-corrected chi connectivity index (χ4v) is 2.55. The molecule has 0 fully saturated rings. The van der Waals surface area contributed by atoms with Crippen molar-refractivity contribution in [1.29, 1.82) is 0 Å². The zero-order chi connectivity index (χ0) is 18.9. The lowest BCUT2D eigenvalue weighted by atomic mass is 10.1. The van der Waals surface area contributed by atoms with E-state index in [9.17, 15) is 9.59 Å². The number of rotatable bonds is 8. The quantitative estimate of drug-likeness (QED) is 0.680. The molecule has 5 heteroatoms. The molecular formula is C21H25NO4. The average molecular weight is 355 g/mol. The number of esters is 1. The van der Waals surface area contributed by atoms with Crippen LogP contribution in [0.15, 0.2) is 54.6 Å². The second-order valence-corrected chi connectivity index (χ2v) is 5.90. The fraction of sp³-hybridized carbons (Fsp3) is 0.333. The van der Waals surface area contributed by atoms with Gasteiger partial charge in [0.05, 0.1) is 6.61 Å². The third-order valence-corrected chi connectivity index (χ3v) is 3.93. The molecule has 1 atom stereocenters. The predicted molar refractivity (Wildman–Crippen MR) is 101 cm³/mol.